The van der Waals surface area contributed by atoms with Gasteiger partial charge in [0.25, 0.3) is 5.69 Å². The Labute approximate surface area is 175 Å². The molecule has 2 aromatic carbocycles. The third-order valence-electron chi connectivity index (χ3n) is 5.32. The van der Waals surface area contributed by atoms with Crippen LogP contribution in [0.3, 0.4) is 0 Å². The summed E-state index contributed by atoms with van der Waals surface area (Å²) in [6, 6.07) is 11.7. The number of benzene rings is 2. The van der Waals surface area contributed by atoms with E-state index in [0.717, 1.165) is 37.6 Å². The molecule has 1 heterocycles. The van der Waals surface area contributed by atoms with Crippen LogP contribution in [0.25, 0.3) is 0 Å². The van der Waals surface area contributed by atoms with Crippen LogP contribution in [-0.4, -0.2) is 62.2 Å². The number of nitrogens with zero attached hydrogens (tertiary/aromatic N) is 3. The molecule has 3 rings (SSSR count). The Hall–Kier alpha value is -3.33. The van der Waals surface area contributed by atoms with Crippen molar-refractivity contribution in [2.24, 2.45) is 0 Å². The van der Waals surface area contributed by atoms with Gasteiger partial charge in [0, 0.05) is 32.2 Å². The van der Waals surface area contributed by atoms with E-state index in [-0.39, 0.29) is 23.4 Å². The molecule has 0 aromatic heterocycles. The van der Waals surface area contributed by atoms with Crippen molar-refractivity contribution < 1.29 is 19.2 Å². The van der Waals surface area contributed by atoms with Crippen LogP contribution in [0.2, 0.25) is 0 Å². The number of piperazine rings is 1. The van der Waals surface area contributed by atoms with Crippen LogP contribution in [0, 0.1) is 10.1 Å². The molecule has 30 heavy (non-hydrogen) atoms. The molecule has 9 heteroatoms. The molecular formula is C21H26N4O5. The first-order valence-corrected chi connectivity index (χ1v) is 9.70. The molecule has 0 saturated carbocycles. The lowest BCUT2D eigenvalue weighted by molar-refractivity contribution is -0.384. The van der Waals surface area contributed by atoms with E-state index in [1.54, 1.807) is 7.11 Å². The lowest BCUT2D eigenvalue weighted by Crippen LogP contribution is -2.52. The van der Waals surface area contributed by atoms with Gasteiger partial charge in [-0.3, -0.25) is 19.8 Å². The fourth-order valence-corrected chi connectivity index (χ4v) is 3.54. The average molecular weight is 414 g/mol. The summed E-state index contributed by atoms with van der Waals surface area (Å²) in [5, 5.41) is 13.8. The number of hydrogen-bond acceptors (Lipinski definition) is 7. The summed E-state index contributed by atoms with van der Waals surface area (Å²) in [5.74, 6) is 0.903. The van der Waals surface area contributed by atoms with Gasteiger partial charge in [0.2, 0.25) is 5.91 Å². The summed E-state index contributed by atoms with van der Waals surface area (Å²) < 4.78 is 10.6. The normalized spacial score (nSPS) is 15.4. The predicted octanol–water partition coefficient (Wildman–Crippen LogP) is 2.76. The molecular weight excluding hydrogens is 388 g/mol. The number of nitro groups is 1. The van der Waals surface area contributed by atoms with Crippen molar-refractivity contribution in [3.05, 3.63) is 52.6 Å². The van der Waals surface area contributed by atoms with Crippen LogP contribution in [0.1, 0.15) is 6.92 Å². The number of rotatable bonds is 7. The molecule has 1 atom stereocenters. The zero-order chi connectivity index (χ0) is 21.7. The monoisotopic (exact) mass is 414 g/mol. The summed E-state index contributed by atoms with van der Waals surface area (Å²) in [7, 11) is 3.07. The smallest absolute Gasteiger partial charge is 0.273 e. The number of carbonyl (C=O) groups is 1. The van der Waals surface area contributed by atoms with Crippen molar-refractivity contribution in [2.45, 2.75) is 13.0 Å². The Kier molecular flexibility index (Phi) is 6.73. The van der Waals surface area contributed by atoms with Crippen LogP contribution >= 0.6 is 0 Å². The molecule has 1 aliphatic rings. The molecule has 9 nitrogen and oxygen atoms in total. The molecule has 1 N–H and O–H groups in total. The van der Waals surface area contributed by atoms with E-state index >= 15 is 0 Å². The van der Waals surface area contributed by atoms with Crippen molar-refractivity contribution >= 4 is 23.0 Å². The molecule has 1 amide bonds. The molecule has 2 aromatic rings. The van der Waals surface area contributed by atoms with Crippen LogP contribution in [0.15, 0.2) is 42.5 Å². The first-order valence-electron chi connectivity index (χ1n) is 9.70. The van der Waals surface area contributed by atoms with Crippen molar-refractivity contribution in [2.75, 3.05) is 50.6 Å². The van der Waals surface area contributed by atoms with Crippen molar-refractivity contribution in [1.29, 1.82) is 0 Å². The number of non-ortho nitro benzene ring substituents is 1. The van der Waals surface area contributed by atoms with E-state index in [2.05, 4.69) is 15.1 Å². The van der Waals surface area contributed by atoms with Crippen LogP contribution in [-0.2, 0) is 4.79 Å². The molecule has 160 valence electrons. The molecule has 1 aliphatic heterocycles. The van der Waals surface area contributed by atoms with Gasteiger partial charge >= 0.3 is 0 Å². The van der Waals surface area contributed by atoms with Gasteiger partial charge in [0.1, 0.15) is 11.5 Å². The quantitative estimate of drug-likeness (QED) is 0.550. The summed E-state index contributed by atoms with van der Waals surface area (Å²) in [4.78, 5) is 27.6. The number of para-hydroxylation sites is 2. The standard InChI is InChI=1S/C21H26N4O5/c1-15(21(26)22-17-9-8-16(25(27)28)14-20(17)30-3)23-10-12-24(13-11-23)18-6-4-5-7-19(18)29-2/h4-9,14-15H,10-13H2,1-3H3,(H,22,26)/t15-/m0/s1. The number of methoxy groups -OCH3 is 2. The second-order valence-electron chi connectivity index (χ2n) is 7.00. The van der Waals surface area contributed by atoms with Crippen molar-refractivity contribution in [3.63, 3.8) is 0 Å². The van der Waals surface area contributed by atoms with Gasteiger partial charge in [-0.15, -0.1) is 0 Å². The van der Waals surface area contributed by atoms with Gasteiger partial charge in [-0.05, 0) is 25.1 Å². The molecule has 0 unspecified atom stereocenters. The van der Waals surface area contributed by atoms with E-state index < -0.39 is 4.92 Å². The Morgan fingerprint density at radius 2 is 1.73 bits per heavy atom. The van der Waals surface area contributed by atoms with Crippen molar-refractivity contribution in [3.8, 4) is 11.5 Å². The Morgan fingerprint density at radius 1 is 1.07 bits per heavy atom. The zero-order valence-electron chi connectivity index (χ0n) is 17.3. The zero-order valence-corrected chi connectivity index (χ0v) is 17.3. The fraction of sp³-hybridized carbons (Fsp3) is 0.381. The number of anilines is 2. The minimum atomic E-state index is -0.502. The molecule has 0 aliphatic carbocycles. The fourth-order valence-electron chi connectivity index (χ4n) is 3.54. The molecule has 0 radical (unpaired) electrons. The maximum Gasteiger partial charge on any atom is 0.273 e. The Balaban J connectivity index is 1.62. The van der Waals surface area contributed by atoms with Crippen LogP contribution in [0.4, 0.5) is 17.1 Å². The van der Waals surface area contributed by atoms with Crippen molar-refractivity contribution in [1.82, 2.24) is 4.90 Å². The minimum Gasteiger partial charge on any atom is -0.495 e. The van der Waals surface area contributed by atoms with E-state index in [9.17, 15) is 14.9 Å². The molecule has 1 fully saturated rings. The highest BCUT2D eigenvalue weighted by Gasteiger charge is 2.27. The largest absolute Gasteiger partial charge is 0.495 e. The maximum absolute atomic E-state index is 12.8. The van der Waals surface area contributed by atoms with Gasteiger partial charge in [-0.2, -0.15) is 0 Å². The summed E-state index contributed by atoms with van der Waals surface area (Å²) in [6.45, 7) is 4.86. The van der Waals surface area contributed by atoms with Gasteiger partial charge in [-0.25, -0.2) is 0 Å². The highest BCUT2D eigenvalue weighted by molar-refractivity contribution is 5.96. The van der Waals surface area contributed by atoms with Gasteiger partial charge in [-0.1, -0.05) is 12.1 Å². The maximum atomic E-state index is 12.8. The minimum absolute atomic E-state index is 0.0923. The first-order chi connectivity index (χ1) is 14.4. The third kappa shape index (κ3) is 4.62. The third-order valence-corrected chi connectivity index (χ3v) is 5.32. The highest BCUT2D eigenvalue weighted by Crippen LogP contribution is 2.30. The number of nitrogens with one attached hydrogen (secondary N) is 1. The summed E-state index contributed by atoms with van der Waals surface area (Å²) in [5.41, 5.74) is 1.37. The number of ether oxygens (including phenoxy) is 2. The SMILES string of the molecule is COc1cc([N+](=O)[O-])ccc1NC(=O)[C@H](C)N1CCN(c2ccccc2OC)CC1. The number of amides is 1. The second kappa shape index (κ2) is 9.45. The number of hydrogen-bond donors (Lipinski definition) is 1. The number of nitro benzene ring substituents is 1. The lowest BCUT2D eigenvalue weighted by atomic mass is 10.1. The predicted molar refractivity (Wildman–Crippen MR) is 115 cm³/mol. The van der Waals surface area contributed by atoms with Gasteiger partial charge < -0.3 is 19.7 Å². The van der Waals surface area contributed by atoms with Crippen LogP contribution < -0.4 is 19.7 Å². The van der Waals surface area contributed by atoms with Crippen LogP contribution in [0.5, 0.6) is 11.5 Å². The second-order valence-corrected chi connectivity index (χ2v) is 7.00. The first kappa shape index (κ1) is 21.4. The Morgan fingerprint density at radius 3 is 2.37 bits per heavy atom. The van der Waals surface area contributed by atoms with E-state index in [0.29, 0.717) is 5.69 Å². The van der Waals surface area contributed by atoms with Gasteiger partial charge in [0.05, 0.1) is 42.6 Å². The summed E-state index contributed by atoms with van der Waals surface area (Å²) in [6.07, 6.45) is 0. The molecule has 0 bridgehead atoms. The highest BCUT2D eigenvalue weighted by atomic mass is 16.6. The number of carbonyl (C=O) groups excluding carboxylic acids is 1. The molecule has 1 saturated heterocycles. The van der Waals surface area contributed by atoms with E-state index in [4.69, 9.17) is 9.47 Å². The van der Waals surface area contributed by atoms with E-state index in [1.807, 2.05) is 31.2 Å². The average Bonchev–Trinajstić information content (AvgIpc) is 2.78. The molecule has 0 spiro atoms. The lowest BCUT2D eigenvalue weighted by Gasteiger charge is -2.38. The Bertz CT molecular complexity index is 912. The van der Waals surface area contributed by atoms with Gasteiger partial charge in [0.15, 0.2) is 0 Å². The summed E-state index contributed by atoms with van der Waals surface area (Å²) >= 11 is 0. The topological polar surface area (TPSA) is 97.2 Å². The van der Waals surface area contributed by atoms with E-state index in [1.165, 1.54) is 25.3 Å².